The highest BCUT2D eigenvalue weighted by Crippen LogP contribution is 2.23. The molecule has 0 aromatic heterocycles. The molecule has 0 bridgehead atoms. The Balaban J connectivity index is 4.82. The fourth-order valence-electron chi connectivity index (χ4n) is 0.804. The van der Waals surface area contributed by atoms with Crippen LogP contribution in [0.2, 0.25) is 0 Å². The van der Waals surface area contributed by atoms with Crippen molar-refractivity contribution in [1.29, 1.82) is 0 Å². The number of ketones is 1. The standard InChI is InChI=1S/C7H13BrO3S/c1-6(9)4-7(2,5-8)12(3,10)11/h4-5H2,1-3H3. The van der Waals surface area contributed by atoms with Crippen LogP contribution in [0.4, 0.5) is 0 Å². The number of halogens is 1. The van der Waals surface area contributed by atoms with E-state index < -0.39 is 14.6 Å². The molecule has 0 aromatic rings. The molecule has 0 N–H and O–H groups in total. The van der Waals surface area contributed by atoms with Crippen LogP contribution in [0.1, 0.15) is 20.3 Å². The lowest BCUT2D eigenvalue weighted by Gasteiger charge is -2.23. The number of rotatable bonds is 4. The van der Waals surface area contributed by atoms with E-state index >= 15 is 0 Å². The van der Waals surface area contributed by atoms with Gasteiger partial charge in [-0.25, -0.2) is 8.42 Å². The SMILES string of the molecule is CC(=O)CC(C)(CBr)S(C)(=O)=O. The van der Waals surface area contributed by atoms with E-state index in [1.165, 1.54) is 6.92 Å². The second kappa shape index (κ2) is 3.87. The first kappa shape index (κ1) is 12.1. The number of hydrogen-bond donors (Lipinski definition) is 0. The molecular weight excluding hydrogens is 244 g/mol. The van der Waals surface area contributed by atoms with Gasteiger partial charge in [0.1, 0.15) is 5.78 Å². The molecule has 1 unspecified atom stereocenters. The third kappa shape index (κ3) is 2.86. The topological polar surface area (TPSA) is 51.2 Å². The zero-order valence-electron chi connectivity index (χ0n) is 7.43. The minimum Gasteiger partial charge on any atom is -0.300 e. The van der Waals surface area contributed by atoms with E-state index in [0.717, 1.165) is 6.26 Å². The lowest BCUT2D eigenvalue weighted by Crippen LogP contribution is -2.38. The molecule has 72 valence electrons. The van der Waals surface area contributed by atoms with E-state index in [-0.39, 0.29) is 12.2 Å². The maximum absolute atomic E-state index is 11.2. The van der Waals surface area contributed by atoms with Gasteiger partial charge in [-0.2, -0.15) is 0 Å². The predicted octanol–water partition coefficient (Wildman–Crippen LogP) is 1.16. The van der Waals surface area contributed by atoms with Crippen LogP contribution >= 0.6 is 15.9 Å². The summed E-state index contributed by atoms with van der Waals surface area (Å²) in [5.41, 5.74) is 0. The summed E-state index contributed by atoms with van der Waals surface area (Å²) in [4.78, 5) is 10.8. The third-order valence-corrected chi connectivity index (χ3v) is 5.49. The molecule has 0 fully saturated rings. The molecule has 1 atom stereocenters. The number of hydrogen-bond acceptors (Lipinski definition) is 3. The molecule has 12 heavy (non-hydrogen) atoms. The molecule has 0 aliphatic rings. The summed E-state index contributed by atoms with van der Waals surface area (Å²) in [7, 11) is -3.18. The van der Waals surface area contributed by atoms with Crippen molar-refractivity contribution in [2.75, 3.05) is 11.6 Å². The molecule has 0 saturated heterocycles. The van der Waals surface area contributed by atoms with Crippen LogP contribution < -0.4 is 0 Å². The summed E-state index contributed by atoms with van der Waals surface area (Å²) in [6, 6.07) is 0. The smallest absolute Gasteiger partial charge is 0.154 e. The van der Waals surface area contributed by atoms with Gasteiger partial charge in [0.05, 0.1) is 4.75 Å². The Hall–Kier alpha value is 0.1000. The van der Waals surface area contributed by atoms with Gasteiger partial charge in [-0.15, -0.1) is 0 Å². The van der Waals surface area contributed by atoms with Gasteiger partial charge in [0.15, 0.2) is 9.84 Å². The third-order valence-electron chi connectivity index (χ3n) is 1.80. The van der Waals surface area contributed by atoms with E-state index in [0.29, 0.717) is 5.33 Å². The van der Waals surface area contributed by atoms with E-state index in [1.54, 1.807) is 6.92 Å². The summed E-state index contributed by atoms with van der Waals surface area (Å²) in [6.45, 7) is 2.96. The first-order valence-electron chi connectivity index (χ1n) is 3.48. The van der Waals surface area contributed by atoms with Crippen molar-refractivity contribution in [3.05, 3.63) is 0 Å². The van der Waals surface area contributed by atoms with Crippen LogP contribution in [0.3, 0.4) is 0 Å². The Kier molecular flexibility index (Phi) is 3.90. The molecular formula is C7H13BrO3S. The molecule has 3 nitrogen and oxygen atoms in total. The lowest BCUT2D eigenvalue weighted by molar-refractivity contribution is -0.117. The average molecular weight is 257 g/mol. The van der Waals surface area contributed by atoms with Crippen molar-refractivity contribution in [3.8, 4) is 0 Å². The van der Waals surface area contributed by atoms with Crippen LogP contribution in [0, 0.1) is 0 Å². The maximum Gasteiger partial charge on any atom is 0.154 e. The first-order valence-corrected chi connectivity index (χ1v) is 6.49. The van der Waals surface area contributed by atoms with Crippen LogP contribution in [-0.4, -0.2) is 30.5 Å². The van der Waals surface area contributed by atoms with Gasteiger partial charge in [-0.1, -0.05) is 15.9 Å². The molecule has 5 heteroatoms. The molecule has 0 radical (unpaired) electrons. The van der Waals surface area contributed by atoms with Crippen LogP contribution in [0.25, 0.3) is 0 Å². The average Bonchev–Trinajstić information content (AvgIpc) is 1.83. The Morgan fingerprint density at radius 3 is 2.00 bits per heavy atom. The summed E-state index contributed by atoms with van der Waals surface area (Å²) >= 11 is 3.10. The summed E-state index contributed by atoms with van der Waals surface area (Å²) in [6.07, 6.45) is 1.22. The van der Waals surface area contributed by atoms with Gasteiger partial charge < -0.3 is 0 Å². The molecule has 0 heterocycles. The highest BCUT2D eigenvalue weighted by atomic mass is 79.9. The molecule has 0 amide bonds. The van der Waals surface area contributed by atoms with Gasteiger partial charge in [-0.3, -0.25) is 4.79 Å². The minimum absolute atomic E-state index is 0.0666. The van der Waals surface area contributed by atoms with Gasteiger partial charge >= 0.3 is 0 Å². The van der Waals surface area contributed by atoms with Crippen LogP contribution in [-0.2, 0) is 14.6 Å². The maximum atomic E-state index is 11.2. The number of alkyl halides is 1. The van der Waals surface area contributed by atoms with Crippen molar-refractivity contribution >= 4 is 31.6 Å². The summed E-state index contributed by atoms with van der Waals surface area (Å²) < 4.78 is 21.5. The molecule has 0 rings (SSSR count). The van der Waals surface area contributed by atoms with Gasteiger partial charge in [0.2, 0.25) is 0 Å². The molecule has 0 aromatic carbocycles. The monoisotopic (exact) mass is 256 g/mol. The fourth-order valence-corrected chi connectivity index (χ4v) is 2.91. The van der Waals surface area contributed by atoms with E-state index in [1.807, 2.05) is 0 Å². The summed E-state index contributed by atoms with van der Waals surface area (Å²) in [5, 5.41) is 0.290. The number of carbonyl (C=O) groups excluding carboxylic acids is 1. The Labute approximate surface area is 81.6 Å². The lowest BCUT2D eigenvalue weighted by atomic mass is 10.1. The highest BCUT2D eigenvalue weighted by molar-refractivity contribution is 9.09. The number of sulfone groups is 1. The van der Waals surface area contributed by atoms with Gasteiger partial charge in [0.25, 0.3) is 0 Å². The van der Waals surface area contributed by atoms with Crippen LogP contribution in [0.15, 0.2) is 0 Å². The van der Waals surface area contributed by atoms with Crippen molar-refractivity contribution in [2.45, 2.75) is 25.0 Å². The van der Waals surface area contributed by atoms with Crippen molar-refractivity contribution < 1.29 is 13.2 Å². The van der Waals surface area contributed by atoms with E-state index in [4.69, 9.17) is 0 Å². The van der Waals surface area contributed by atoms with Crippen LogP contribution in [0.5, 0.6) is 0 Å². The van der Waals surface area contributed by atoms with Gasteiger partial charge in [0, 0.05) is 18.0 Å². The zero-order chi connectivity index (χ0) is 9.99. The number of carbonyl (C=O) groups is 1. The first-order chi connectivity index (χ1) is 5.23. The van der Waals surface area contributed by atoms with E-state index in [2.05, 4.69) is 15.9 Å². The largest absolute Gasteiger partial charge is 0.300 e. The Morgan fingerprint density at radius 2 is 1.92 bits per heavy atom. The van der Waals surface area contributed by atoms with Crippen molar-refractivity contribution in [3.63, 3.8) is 0 Å². The predicted molar refractivity (Wildman–Crippen MR) is 52.3 cm³/mol. The molecule has 0 spiro atoms. The van der Waals surface area contributed by atoms with Crippen molar-refractivity contribution in [2.24, 2.45) is 0 Å². The second-order valence-corrected chi connectivity index (χ2v) is 6.33. The highest BCUT2D eigenvalue weighted by Gasteiger charge is 2.35. The quantitative estimate of drug-likeness (QED) is 0.710. The normalized spacial score (nSPS) is 17.0. The fraction of sp³-hybridized carbons (Fsp3) is 0.857. The summed E-state index contributed by atoms with van der Waals surface area (Å²) in [5.74, 6) is -0.109. The zero-order valence-corrected chi connectivity index (χ0v) is 9.83. The van der Waals surface area contributed by atoms with E-state index in [9.17, 15) is 13.2 Å². The Morgan fingerprint density at radius 1 is 1.50 bits per heavy atom. The van der Waals surface area contributed by atoms with Crippen molar-refractivity contribution in [1.82, 2.24) is 0 Å². The minimum atomic E-state index is -3.18. The molecule has 0 aliphatic heterocycles. The second-order valence-electron chi connectivity index (χ2n) is 3.23. The molecule has 0 saturated carbocycles. The van der Waals surface area contributed by atoms with Gasteiger partial charge in [-0.05, 0) is 13.8 Å². The Bertz CT molecular complexity index is 270. The number of Topliss-reactive ketones (excluding diaryl/α,β-unsaturated/α-hetero) is 1. The molecule has 0 aliphatic carbocycles.